The lowest BCUT2D eigenvalue weighted by Crippen LogP contribution is -2.30. The van der Waals surface area contributed by atoms with Crippen molar-refractivity contribution < 1.29 is 23.8 Å². The Morgan fingerprint density at radius 3 is 2.20 bits per heavy atom. The van der Waals surface area contributed by atoms with Crippen LogP contribution < -0.4 is 10.1 Å². The highest BCUT2D eigenvalue weighted by molar-refractivity contribution is 5.94. The molecule has 2 aromatic rings. The number of benzene rings is 2. The number of carbonyl (C=O) groups excluding carboxylic acids is 1. The summed E-state index contributed by atoms with van der Waals surface area (Å²) in [5.41, 5.74) is 0.908. The van der Waals surface area contributed by atoms with Gasteiger partial charge in [0.25, 0.3) is 5.91 Å². The maximum Gasteiger partial charge on any atom is 0.305 e. The predicted octanol–water partition coefficient (Wildman–Crippen LogP) is 3.56. The topological polar surface area (TPSA) is 75.6 Å². The number of halogens is 1. The number of aliphatic carboxylic acids is 1. The normalized spacial score (nSPS) is 11.8. The first kappa shape index (κ1) is 18.4. The van der Waals surface area contributed by atoms with Gasteiger partial charge in [0.15, 0.2) is 0 Å². The number of rotatable bonds is 7. The Morgan fingerprint density at radius 1 is 1.08 bits per heavy atom. The van der Waals surface area contributed by atoms with Gasteiger partial charge in [-0.2, -0.15) is 0 Å². The number of hydrogen-bond acceptors (Lipinski definition) is 3. The first-order chi connectivity index (χ1) is 11.8. The number of amides is 1. The van der Waals surface area contributed by atoms with Gasteiger partial charge in [0.05, 0.1) is 18.6 Å². The highest BCUT2D eigenvalue weighted by Crippen LogP contribution is 2.22. The molecule has 6 heteroatoms. The molecule has 0 aromatic heterocycles. The molecular formula is C19H20FNO4. The zero-order valence-corrected chi connectivity index (χ0v) is 14.0. The molecule has 0 saturated heterocycles. The molecule has 5 nitrogen and oxygen atoms in total. The first-order valence-electron chi connectivity index (χ1n) is 7.90. The van der Waals surface area contributed by atoms with Gasteiger partial charge in [-0.15, -0.1) is 0 Å². The molecule has 0 aliphatic heterocycles. The zero-order valence-electron chi connectivity index (χ0n) is 14.0. The number of ether oxygens (including phenoxy) is 1. The Balaban J connectivity index is 2.16. The average molecular weight is 345 g/mol. The second kappa shape index (κ2) is 8.28. The Bertz CT molecular complexity index is 726. The van der Waals surface area contributed by atoms with E-state index in [9.17, 15) is 14.0 Å². The maximum atomic E-state index is 13.0. The SMILES string of the molecule is CC(C)Oc1ccc([C@H](CC(=O)O)NC(=O)c2ccc(F)cc2)cc1. The summed E-state index contributed by atoms with van der Waals surface area (Å²) in [6.45, 7) is 3.81. The molecule has 0 spiro atoms. The van der Waals surface area contributed by atoms with Crippen molar-refractivity contribution in [1.29, 1.82) is 0 Å². The van der Waals surface area contributed by atoms with Gasteiger partial charge in [0, 0.05) is 5.56 Å². The van der Waals surface area contributed by atoms with Gasteiger partial charge in [-0.25, -0.2) is 4.39 Å². The highest BCUT2D eigenvalue weighted by Gasteiger charge is 2.19. The van der Waals surface area contributed by atoms with Crippen molar-refractivity contribution in [3.05, 3.63) is 65.5 Å². The molecule has 0 heterocycles. The van der Waals surface area contributed by atoms with E-state index in [0.29, 0.717) is 11.3 Å². The summed E-state index contributed by atoms with van der Waals surface area (Å²) in [6.07, 6.45) is -0.240. The third kappa shape index (κ3) is 5.60. The third-order valence-electron chi connectivity index (χ3n) is 3.44. The minimum atomic E-state index is -1.04. The molecule has 25 heavy (non-hydrogen) atoms. The van der Waals surface area contributed by atoms with E-state index in [2.05, 4.69) is 5.32 Å². The van der Waals surface area contributed by atoms with Crippen LogP contribution in [-0.2, 0) is 4.79 Å². The lowest BCUT2D eigenvalue weighted by molar-refractivity contribution is -0.137. The van der Waals surface area contributed by atoms with Crippen LogP contribution in [0, 0.1) is 5.82 Å². The van der Waals surface area contributed by atoms with Gasteiger partial charge in [-0.05, 0) is 55.8 Å². The van der Waals surface area contributed by atoms with Gasteiger partial charge in [-0.1, -0.05) is 12.1 Å². The average Bonchev–Trinajstić information content (AvgIpc) is 2.54. The molecule has 0 bridgehead atoms. The van der Waals surface area contributed by atoms with E-state index < -0.39 is 23.7 Å². The Morgan fingerprint density at radius 2 is 1.68 bits per heavy atom. The van der Waals surface area contributed by atoms with Crippen LogP contribution in [0.5, 0.6) is 5.75 Å². The second-order valence-corrected chi connectivity index (χ2v) is 5.87. The molecule has 1 amide bonds. The number of carboxylic acids is 1. The van der Waals surface area contributed by atoms with Crippen molar-refractivity contribution in [2.24, 2.45) is 0 Å². The van der Waals surface area contributed by atoms with Crippen LogP contribution >= 0.6 is 0 Å². The van der Waals surface area contributed by atoms with E-state index >= 15 is 0 Å². The summed E-state index contributed by atoms with van der Waals surface area (Å²) in [7, 11) is 0. The molecule has 1 atom stereocenters. The van der Waals surface area contributed by atoms with Crippen LogP contribution in [0.15, 0.2) is 48.5 Å². The summed E-state index contributed by atoms with van der Waals surface area (Å²) in [4.78, 5) is 23.4. The van der Waals surface area contributed by atoms with Crippen LogP contribution in [0.1, 0.15) is 42.2 Å². The first-order valence-corrected chi connectivity index (χ1v) is 7.90. The van der Waals surface area contributed by atoms with E-state index in [0.717, 1.165) is 0 Å². The van der Waals surface area contributed by atoms with Gasteiger partial charge in [0.2, 0.25) is 0 Å². The molecule has 2 rings (SSSR count). The molecule has 132 valence electrons. The zero-order chi connectivity index (χ0) is 18.4. The molecule has 0 unspecified atom stereocenters. The van der Waals surface area contributed by atoms with Crippen molar-refractivity contribution in [1.82, 2.24) is 5.32 Å². The van der Waals surface area contributed by atoms with E-state index in [1.165, 1.54) is 24.3 Å². The standard InChI is InChI=1S/C19H20FNO4/c1-12(2)25-16-9-5-13(6-10-16)17(11-18(22)23)21-19(24)14-3-7-15(20)8-4-14/h3-10,12,17H,11H2,1-2H3,(H,21,24)(H,22,23)/t17-/m0/s1. The summed E-state index contributed by atoms with van der Waals surface area (Å²) in [5, 5.41) is 11.8. The van der Waals surface area contributed by atoms with Crippen molar-refractivity contribution >= 4 is 11.9 Å². The van der Waals surface area contributed by atoms with Crippen LogP contribution in [0.3, 0.4) is 0 Å². The maximum absolute atomic E-state index is 13.0. The molecule has 2 N–H and O–H groups in total. The predicted molar refractivity (Wildman–Crippen MR) is 91.1 cm³/mol. The molecular weight excluding hydrogens is 325 g/mol. The second-order valence-electron chi connectivity index (χ2n) is 5.87. The van der Waals surface area contributed by atoms with Crippen molar-refractivity contribution in [3.63, 3.8) is 0 Å². The minimum absolute atomic E-state index is 0.0267. The number of hydrogen-bond donors (Lipinski definition) is 2. The third-order valence-corrected chi connectivity index (χ3v) is 3.44. The Kier molecular flexibility index (Phi) is 6.11. The fourth-order valence-corrected chi connectivity index (χ4v) is 2.32. The van der Waals surface area contributed by atoms with E-state index in [1.54, 1.807) is 24.3 Å². The van der Waals surface area contributed by atoms with Gasteiger partial charge in [-0.3, -0.25) is 9.59 Å². The quantitative estimate of drug-likeness (QED) is 0.804. The highest BCUT2D eigenvalue weighted by atomic mass is 19.1. The van der Waals surface area contributed by atoms with E-state index in [-0.39, 0.29) is 18.1 Å². The van der Waals surface area contributed by atoms with Crippen molar-refractivity contribution in [2.75, 3.05) is 0 Å². The van der Waals surface area contributed by atoms with Gasteiger partial charge >= 0.3 is 5.97 Å². The molecule has 0 aliphatic carbocycles. The fourth-order valence-electron chi connectivity index (χ4n) is 2.32. The smallest absolute Gasteiger partial charge is 0.305 e. The summed E-state index contributed by atoms with van der Waals surface area (Å²) in [5.74, 6) is -1.28. The van der Waals surface area contributed by atoms with E-state index in [4.69, 9.17) is 9.84 Å². The molecule has 0 fully saturated rings. The minimum Gasteiger partial charge on any atom is -0.491 e. The molecule has 0 radical (unpaired) electrons. The number of nitrogens with one attached hydrogen (secondary N) is 1. The largest absolute Gasteiger partial charge is 0.491 e. The molecule has 0 aliphatic rings. The fraction of sp³-hybridized carbons (Fsp3) is 0.263. The summed E-state index contributed by atoms with van der Waals surface area (Å²) in [6, 6.07) is 11.3. The lowest BCUT2D eigenvalue weighted by Gasteiger charge is -2.18. The van der Waals surface area contributed by atoms with Gasteiger partial charge in [0.1, 0.15) is 11.6 Å². The van der Waals surface area contributed by atoms with Gasteiger partial charge < -0.3 is 15.2 Å². The number of carbonyl (C=O) groups is 2. The van der Waals surface area contributed by atoms with Crippen molar-refractivity contribution in [3.8, 4) is 5.75 Å². The van der Waals surface area contributed by atoms with Crippen LogP contribution in [-0.4, -0.2) is 23.1 Å². The Labute approximate surface area is 145 Å². The van der Waals surface area contributed by atoms with Crippen LogP contribution in [0.25, 0.3) is 0 Å². The van der Waals surface area contributed by atoms with Crippen LogP contribution in [0.2, 0.25) is 0 Å². The molecule has 2 aromatic carbocycles. The van der Waals surface area contributed by atoms with Crippen LogP contribution in [0.4, 0.5) is 4.39 Å². The monoisotopic (exact) mass is 345 g/mol. The van der Waals surface area contributed by atoms with E-state index in [1.807, 2.05) is 13.8 Å². The van der Waals surface area contributed by atoms with Crippen molar-refractivity contribution in [2.45, 2.75) is 32.4 Å². The number of carboxylic acid groups (broad SMARTS) is 1. The summed E-state index contributed by atoms with van der Waals surface area (Å²) >= 11 is 0. The lowest BCUT2D eigenvalue weighted by atomic mass is 10.0. The molecule has 0 saturated carbocycles. The Hall–Kier alpha value is -2.89. The summed E-state index contributed by atoms with van der Waals surface area (Å²) < 4.78 is 18.5.